The summed E-state index contributed by atoms with van der Waals surface area (Å²) in [5.41, 5.74) is 7.09. The Kier molecular flexibility index (Phi) is 5.15. The molecule has 4 heteroatoms. The highest BCUT2D eigenvalue weighted by Gasteiger charge is 2.14. The van der Waals surface area contributed by atoms with E-state index in [2.05, 4.69) is 39.1 Å². The molecule has 0 aromatic carbocycles. The number of hydrogen-bond donors (Lipinski definition) is 2. The Morgan fingerprint density at radius 3 is 2.59 bits per heavy atom. The summed E-state index contributed by atoms with van der Waals surface area (Å²) in [6.07, 6.45) is 0.730. The molecule has 0 aliphatic heterocycles. The first-order chi connectivity index (χ1) is 7.90. The molecule has 1 rings (SSSR count). The fourth-order valence-corrected chi connectivity index (χ4v) is 2.65. The van der Waals surface area contributed by atoms with Crippen molar-refractivity contribution in [2.45, 2.75) is 46.7 Å². The number of nitrogens with two attached hydrogens (primary N) is 1. The summed E-state index contributed by atoms with van der Waals surface area (Å²) in [7, 11) is 0. The van der Waals surface area contributed by atoms with Gasteiger partial charge in [0.1, 0.15) is 0 Å². The Bertz CT molecular complexity index is 365. The van der Waals surface area contributed by atoms with Gasteiger partial charge in [0.25, 0.3) is 0 Å². The normalized spacial score (nSPS) is 12.8. The smallest absolute Gasteiger partial charge is 0.237 e. The van der Waals surface area contributed by atoms with Gasteiger partial charge in [-0.25, -0.2) is 0 Å². The van der Waals surface area contributed by atoms with Crippen LogP contribution in [0.25, 0.3) is 0 Å². The lowest BCUT2D eigenvalue weighted by Gasteiger charge is -2.13. The molecule has 3 N–H and O–H groups in total. The maximum Gasteiger partial charge on any atom is 0.237 e. The molecular weight excluding hydrogens is 232 g/mol. The van der Waals surface area contributed by atoms with Gasteiger partial charge in [-0.05, 0) is 37.8 Å². The molecule has 1 aromatic rings. The van der Waals surface area contributed by atoms with Crippen LogP contribution in [0.1, 0.15) is 35.6 Å². The molecule has 1 amide bonds. The van der Waals surface area contributed by atoms with Crippen LogP contribution in [-0.4, -0.2) is 11.9 Å². The van der Waals surface area contributed by atoms with Crippen molar-refractivity contribution in [2.75, 3.05) is 0 Å². The summed E-state index contributed by atoms with van der Waals surface area (Å²) >= 11 is 1.73. The number of amides is 1. The van der Waals surface area contributed by atoms with E-state index in [-0.39, 0.29) is 5.91 Å². The minimum Gasteiger partial charge on any atom is -0.350 e. The Balaban J connectivity index is 2.42. The van der Waals surface area contributed by atoms with Crippen LogP contribution in [0.3, 0.4) is 0 Å². The third-order valence-corrected chi connectivity index (χ3v) is 3.87. The standard InChI is InChI=1S/C13H22N2OS/c1-8(2)5-12(14)13(16)15-7-11-6-9(3)10(4)17-11/h6,8,12H,5,7,14H2,1-4H3,(H,15,16). The third kappa shape index (κ3) is 4.48. The highest BCUT2D eigenvalue weighted by molar-refractivity contribution is 7.12. The number of rotatable bonds is 5. The lowest BCUT2D eigenvalue weighted by molar-refractivity contribution is -0.122. The van der Waals surface area contributed by atoms with Gasteiger partial charge in [0, 0.05) is 9.75 Å². The lowest BCUT2D eigenvalue weighted by Crippen LogP contribution is -2.40. The molecular formula is C13H22N2OS. The fourth-order valence-electron chi connectivity index (χ4n) is 1.66. The highest BCUT2D eigenvalue weighted by Crippen LogP contribution is 2.20. The van der Waals surface area contributed by atoms with Crippen LogP contribution in [0.5, 0.6) is 0 Å². The number of thiophene rings is 1. The number of carbonyl (C=O) groups excluding carboxylic acids is 1. The van der Waals surface area contributed by atoms with E-state index in [1.54, 1.807) is 11.3 Å². The van der Waals surface area contributed by atoms with Crippen molar-refractivity contribution in [3.63, 3.8) is 0 Å². The summed E-state index contributed by atoms with van der Waals surface area (Å²) in [6.45, 7) is 8.90. The summed E-state index contributed by atoms with van der Waals surface area (Å²) in [6, 6.07) is 1.73. The summed E-state index contributed by atoms with van der Waals surface area (Å²) < 4.78 is 0. The van der Waals surface area contributed by atoms with Crippen LogP contribution in [0.4, 0.5) is 0 Å². The van der Waals surface area contributed by atoms with Gasteiger partial charge in [0.2, 0.25) is 5.91 Å². The van der Waals surface area contributed by atoms with Gasteiger partial charge in [0.15, 0.2) is 0 Å². The first kappa shape index (κ1) is 14.2. The van der Waals surface area contributed by atoms with Crippen LogP contribution < -0.4 is 11.1 Å². The molecule has 3 nitrogen and oxygen atoms in total. The van der Waals surface area contributed by atoms with Crippen LogP contribution >= 0.6 is 11.3 Å². The third-order valence-electron chi connectivity index (χ3n) is 2.72. The fraction of sp³-hybridized carbons (Fsp3) is 0.615. The lowest BCUT2D eigenvalue weighted by atomic mass is 10.0. The van der Waals surface area contributed by atoms with Crippen molar-refractivity contribution in [1.82, 2.24) is 5.32 Å². The molecule has 1 aromatic heterocycles. The van der Waals surface area contributed by atoms with Gasteiger partial charge in [-0.1, -0.05) is 13.8 Å². The summed E-state index contributed by atoms with van der Waals surface area (Å²) in [4.78, 5) is 14.2. The van der Waals surface area contributed by atoms with Gasteiger partial charge < -0.3 is 11.1 Å². The van der Waals surface area contributed by atoms with E-state index in [1.165, 1.54) is 15.3 Å². The second-order valence-corrected chi connectivity index (χ2v) is 6.25. The minimum atomic E-state index is -0.392. The highest BCUT2D eigenvalue weighted by atomic mass is 32.1. The Labute approximate surface area is 107 Å². The van der Waals surface area contributed by atoms with Gasteiger partial charge in [0.05, 0.1) is 12.6 Å². The second-order valence-electron chi connectivity index (χ2n) is 4.91. The molecule has 0 saturated heterocycles. The number of aryl methyl sites for hydroxylation is 2. The SMILES string of the molecule is Cc1cc(CNC(=O)C(N)CC(C)C)sc1C. The zero-order valence-corrected chi connectivity index (χ0v) is 11.9. The Morgan fingerprint density at radius 1 is 1.47 bits per heavy atom. The molecule has 1 atom stereocenters. The van der Waals surface area contributed by atoms with Crippen molar-refractivity contribution < 1.29 is 4.79 Å². The average Bonchev–Trinajstić information content (AvgIpc) is 2.54. The number of carbonyl (C=O) groups is 1. The Morgan fingerprint density at radius 2 is 2.12 bits per heavy atom. The van der Waals surface area contributed by atoms with Crippen molar-refractivity contribution in [1.29, 1.82) is 0 Å². The molecule has 0 saturated carbocycles. The summed E-state index contributed by atoms with van der Waals surface area (Å²) in [5.74, 6) is 0.393. The van der Waals surface area contributed by atoms with Crippen LogP contribution in [0, 0.1) is 19.8 Å². The van der Waals surface area contributed by atoms with E-state index < -0.39 is 6.04 Å². The van der Waals surface area contributed by atoms with Crippen LogP contribution in [0.2, 0.25) is 0 Å². The first-order valence-electron chi connectivity index (χ1n) is 5.99. The topological polar surface area (TPSA) is 55.1 Å². The van der Waals surface area contributed by atoms with Gasteiger partial charge in [-0.15, -0.1) is 11.3 Å². The maximum atomic E-state index is 11.7. The Hall–Kier alpha value is -0.870. The van der Waals surface area contributed by atoms with Crippen LogP contribution in [0.15, 0.2) is 6.07 Å². The molecule has 0 fully saturated rings. The monoisotopic (exact) mass is 254 g/mol. The van der Waals surface area contributed by atoms with E-state index >= 15 is 0 Å². The van der Waals surface area contributed by atoms with Crippen LogP contribution in [-0.2, 0) is 11.3 Å². The molecule has 96 valence electrons. The van der Waals surface area contributed by atoms with Gasteiger partial charge in [-0.3, -0.25) is 4.79 Å². The largest absolute Gasteiger partial charge is 0.350 e. The molecule has 1 heterocycles. The molecule has 1 unspecified atom stereocenters. The van der Waals surface area contributed by atoms with Gasteiger partial charge >= 0.3 is 0 Å². The zero-order valence-electron chi connectivity index (χ0n) is 11.0. The molecule has 0 aliphatic rings. The predicted molar refractivity (Wildman–Crippen MR) is 73.1 cm³/mol. The van der Waals surface area contributed by atoms with E-state index in [1.807, 2.05) is 0 Å². The number of nitrogens with one attached hydrogen (secondary N) is 1. The molecule has 0 aliphatic carbocycles. The van der Waals surface area contributed by atoms with E-state index in [4.69, 9.17) is 5.73 Å². The van der Waals surface area contributed by atoms with Gasteiger partial charge in [-0.2, -0.15) is 0 Å². The van der Waals surface area contributed by atoms with E-state index in [0.717, 1.165) is 6.42 Å². The van der Waals surface area contributed by atoms with Crippen molar-refractivity contribution in [3.05, 3.63) is 21.4 Å². The summed E-state index contributed by atoms with van der Waals surface area (Å²) in [5, 5.41) is 2.89. The maximum absolute atomic E-state index is 11.7. The van der Waals surface area contributed by atoms with Crippen molar-refractivity contribution >= 4 is 17.2 Å². The minimum absolute atomic E-state index is 0.0533. The molecule has 0 spiro atoms. The van der Waals surface area contributed by atoms with E-state index in [9.17, 15) is 4.79 Å². The predicted octanol–water partition coefficient (Wildman–Crippen LogP) is 2.35. The quantitative estimate of drug-likeness (QED) is 0.847. The second kappa shape index (κ2) is 6.17. The first-order valence-corrected chi connectivity index (χ1v) is 6.81. The number of hydrogen-bond acceptors (Lipinski definition) is 3. The zero-order chi connectivity index (χ0) is 13.0. The molecule has 17 heavy (non-hydrogen) atoms. The van der Waals surface area contributed by atoms with E-state index in [0.29, 0.717) is 12.5 Å². The average molecular weight is 254 g/mol. The molecule has 0 bridgehead atoms. The van der Waals surface area contributed by atoms with Crippen molar-refractivity contribution in [3.8, 4) is 0 Å². The van der Waals surface area contributed by atoms with Crippen molar-refractivity contribution in [2.24, 2.45) is 11.7 Å². The molecule has 0 radical (unpaired) electrons.